The summed E-state index contributed by atoms with van der Waals surface area (Å²) in [5.41, 5.74) is 8.79. The molecule has 1 atom stereocenters. The molecule has 2 aromatic rings. The Morgan fingerprint density at radius 2 is 2.33 bits per heavy atom. The summed E-state index contributed by atoms with van der Waals surface area (Å²) in [6.45, 7) is 0.513. The number of aromatic nitrogens is 1. The Balaban J connectivity index is 2.12. The van der Waals surface area contributed by atoms with Crippen LogP contribution in [0.5, 0.6) is 5.75 Å². The summed E-state index contributed by atoms with van der Waals surface area (Å²) in [6, 6.07) is 7.76. The molecule has 0 saturated heterocycles. The Bertz CT molecular complexity index is 572. The lowest BCUT2D eigenvalue weighted by Crippen LogP contribution is -2.24. The van der Waals surface area contributed by atoms with Crippen molar-refractivity contribution < 1.29 is 4.74 Å². The van der Waals surface area contributed by atoms with Crippen LogP contribution < -0.4 is 10.5 Å². The molecule has 0 fully saturated rings. The first kappa shape index (κ1) is 11.5. The van der Waals surface area contributed by atoms with Gasteiger partial charge in [0, 0.05) is 41.5 Å². The van der Waals surface area contributed by atoms with Gasteiger partial charge in [-0.05, 0) is 23.8 Å². The highest BCUT2D eigenvalue weighted by Gasteiger charge is 2.25. The number of nitrogens with two attached hydrogens (primary N) is 1. The third-order valence-corrected chi connectivity index (χ3v) is 3.32. The van der Waals surface area contributed by atoms with Crippen molar-refractivity contribution in [1.29, 1.82) is 0 Å². The Kier molecular flexibility index (Phi) is 2.94. The number of rotatable bonds is 2. The van der Waals surface area contributed by atoms with Crippen LogP contribution in [0.2, 0.25) is 5.02 Å². The lowest BCUT2D eigenvalue weighted by atomic mass is 10.0. The number of hydrogen-bond donors (Lipinski definition) is 1. The van der Waals surface area contributed by atoms with E-state index in [0.29, 0.717) is 11.6 Å². The van der Waals surface area contributed by atoms with Crippen LogP contribution in [0.4, 0.5) is 0 Å². The Hall–Kier alpha value is -1.58. The van der Waals surface area contributed by atoms with Crippen LogP contribution in [0.1, 0.15) is 5.56 Å². The molecule has 0 radical (unpaired) electrons. The zero-order valence-electron chi connectivity index (χ0n) is 9.77. The van der Waals surface area contributed by atoms with Gasteiger partial charge in [0.25, 0.3) is 0 Å². The summed E-state index contributed by atoms with van der Waals surface area (Å²) in [5.74, 6) is 0.892. The summed E-state index contributed by atoms with van der Waals surface area (Å²) in [7, 11) is 0. The Morgan fingerprint density at radius 3 is 3.06 bits per heavy atom. The van der Waals surface area contributed by atoms with Crippen molar-refractivity contribution in [3.05, 3.63) is 47.2 Å². The van der Waals surface area contributed by atoms with Crippen molar-refractivity contribution in [2.45, 2.75) is 12.5 Å². The molecule has 3 rings (SSSR count). The number of hydrogen-bond acceptors (Lipinski definition) is 3. The number of halogens is 1. The number of ether oxygens (including phenoxy) is 1. The fraction of sp³-hybridized carbons (Fsp3) is 0.214. The van der Waals surface area contributed by atoms with Crippen LogP contribution in [-0.4, -0.2) is 17.6 Å². The minimum Gasteiger partial charge on any atom is -0.488 e. The molecule has 1 aromatic carbocycles. The van der Waals surface area contributed by atoms with Crippen molar-refractivity contribution >= 4 is 11.6 Å². The van der Waals surface area contributed by atoms with E-state index in [-0.39, 0.29) is 6.10 Å². The predicted octanol–water partition coefficient (Wildman–Crippen LogP) is 2.66. The third-order valence-electron chi connectivity index (χ3n) is 3.10. The Labute approximate surface area is 111 Å². The maximum absolute atomic E-state index is 6.16. The second-order valence-corrected chi connectivity index (χ2v) is 4.80. The highest BCUT2D eigenvalue weighted by atomic mass is 35.5. The van der Waals surface area contributed by atoms with E-state index in [4.69, 9.17) is 22.1 Å². The van der Waals surface area contributed by atoms with E-state index < -0.39 is 0 Å². The van der Waals surface area contributed by atoms with Crippen molar-refractivity contribution in [3.63, 3.8) is 0 Å². The molecular weight excluding hydrogens is 248 g/mol. The van der Waals surface area contributed by atoms with Gasteiger partial charge in [-0.25, -0.2) is 0 Å². The van der Waals surface area contributed by atoms with E-state index in [0.717, 1.165) is 28.9 Å². The molecule has 92 valence electrons. The molecule has 1 unspecified atom stereocenters. The molecule has 1 aliphatic rings. The van der Waals surface area contributed by atoms with Crippen molar-refractivity contribution in [2.75, 3.05) is 6.54 Å². The van der Waals surface area contributed by atoms with Crippen LogP contribution >= 0.6 is 11.6 Å². The van der Waals surface area contributed by atoms with E-state index in [1.54, 1.807) is 6.20 Å². The quantitative estimate of drug-likeness (QED) is 0.903. The first-order chi connectivity index (χ1) is 8.78. The second-order valence-electron chi connectivity index (χ2n) is 4.36. The van der Waals surface area contributed by atoms with Gasteiger partial charge in [0.05, 0.1) is 0 Å². The van der Waals surface area contributed by atoms with Gasteiger partial charge in [0.1, 0.15) is 11.9 Å². The topological polar surface area (TPSA) is 48.1 Å². The molecule has 0 amide bonds. The molecule has 0 bridgehead atoms. The average molecular weight is 261 g/mol. The van der Waals surface area contributed by atoms with Gasteiger partial charge in [-0.3, -0.25) is 4.98 Å². The summed E-state index contributed by atoms with van der Waals surface area (Å²) >= 11 is 6.16. The smallest absolute Gasteiger partial charge is 0.131 e. The monoisotopic (exact) mass is 260 g/mol. The van der Waals surface area contributed by atoms with Crippen LogP contribution in [0.25, 0.3) is 11.1 Å². The van der Waals surface area contributed by atoms with Gasteiger partial charge in [0.15, 0.2) is 0 Å². The maximum Gasteiger partial charge on any atom is 0.131 e. The van der Waals surface area contributed by atoms with E-state index in [1.165, 1.54) is 0 Å². The normalized spacial score (nSPS) is 17.3. The standard InChI is InChI=1S/C14H13ClN2O/c15-11-4-10-5-12(7-16)18-14(10)13(6-11)9-2-1-3-17-8-9/h1-4,6,8,12H,5,7,16H2. The molecule has 1 aliphatic heterocycles. The molecule has 2 N–H and O–H groups in total. The summed E-state index contributed by atoms with van der Waals surface area (Å²) in [6.07, 6.45) is 4.43. The van der Waals surface area contributed by atoms with Crippen molar-refractivity contribution in [1.82, 2.24) is 4.98 Å². The molecule has 4 heteroatoms. The minimum absolute atomic E-state index is 0.0499. The summed E-state index contributed by atoms with van der Waals surface area (Å²) in [4.78, 5) is 4.13. The zero-order chi connectivity index (χ0) is 12.5. The summed E-state index contributed by atoms with van der Waals surface area (Å²) < 4.78 is 5.89. The van der Waals surface area contributed by atoms with Gasteiger partial charge in [-0.15, -0.1) is 0 Å². The molecule has 2 heterocycles. The van der Waals surface area contributed by atoms with Gasteiger partial charge in [-0.1, -0.05) is 17.7 Å². The first-order valence-electron chi connectivity index (χ1n) is 5.87. The second kappa shape index (κ2) is 4.59. The summed E-state index contributed by atoms with van der Waals surface area (Å²) in [5, 5.41) is 0.717. The highest BCUT2D eigenvalue weighted by molar-refractivity contribution is 6.31. The Morgan fingerprint density at radius 1 is 1.44 bits per heavy atom. The van der Waals surface area contributed by atoms with Gasteiger partial charge >= 0.3 is 0 Å². The molecule has 1 aromatic heterocycles. The number of nitrogens with zero attached hydrogens (tertiary/aromatic N) is 1. The molecule has 0 aliphatic carbocycles. The van der Waals surface area contributed by atoms with E-state index in [1.807, 2.05) is 30.5 Å². The predicted molar refractivity (Wildman–Crippen MR) is 71.9 cm³/mol. The third kappa shape index (κ3) is 1.96. The lowest BCUT2D eigenvalue weighted by Gasteiger charge is -2.11. The molecule has 18 heavy (non-hydrogen) atoms. The van der Waals surface area contributed by atoms with Crippen LogP contribution in [-0.2, 0) is 6.42 Å². The fourth-order valence-corrected chi connectivity index (χ4v) is 2.50. The number of benzene rings is 1. The van der Waals surface area contributed by atoms with E-state index in [9.17, 15) is 0 Å². The largest absolute Gasteiger partial charge is 0.488 e. The van der Waals surface area contributed by atoms with Crippen molar-refractivity contribution in [3.8, 4) is 16.9 Å². The molecule has 0 spiro atoms. The first-order valence-corrected chi connectivity index (χ1v) is 6.25. The molecule has 3 nitrogen and oxygen atoms in total. The maximum atomic E-state index is 6.16. The highest BCUT2D eigenvalue weighted by Crippen LogP contribution is 2.40. The van der Waals surface area contributed by atoms with Gasteiger partial charge in [-0.2, -0.15) is 0 Å². The van der Waals surface area contributed by atoms with Gasteiger partial charge in [0.2, 0.25) is 0 Å². The number of pyridine rings is 1. The molecular formula is C14H13ClN2O. The van der Waals surface area contributed by atoms with E-state index >= 15 is 0 Å². The van der Waals surface area contributed by atoms with Crippen LogP contribution in [0, 0.1) is 0 Å². The fourth-order valence-electron chi connectivity index (χ4n) is 2.26. The number of fused-ring (bicyclic) bond motifs is 1. The zero-order valence-corrected chi connectivity index (χ0v) is 10.5. The average Bonchev–Trinajstić information content (AvgIpc) is 2.81. The lowest BCUT2D eigenvalue weighted by molar-refractivity contribution is 0.242. The minimum atomic E-state index is 0.0499. The van der Waals surface area contributed by atoms with Crippen LogP contribution in [0.3, 0.4) is 0 Å². The SMILES string of the molecule is NCC1Cc2cc(Cl)cc(-c3cccnc3)c2O1. The van der Waals surface area contributed by atoms with Crippen LogP contribution in [0.15, 0.2) is 36.7 Å². The van der Waals surface area contributed by atoms with E-state index in [2.05, 4.69) is 4.98 Å². The molecule has 0 saturated carbocycles. The van der Waals surface area contributed by atoms with Gasteiger partial charge < -0.3 is 10.5 Å². The van der Waals surface area contributed by atoms with Crippen molar-refractivity contribution in [2.24, 2.45) is 5.73 Å².